The van der Waals surface area contributed by atoms with Crippen molar-refractivity contribution in [1.29, 1.82) is 0 Å². The van der Waals surface area contributed by atoms with Gasteiger partial charge in [0, 0.05) is 56.2 Å². The number of amides is 1. The van der Waals surface area contributed by atoms with E-state index in [1.54, 1.807) is 20.1 Å². The van der Waals surface area contributed by atoms with Gasteiger partial charge in [-0.1, -0.05) is 68.7 Å². The molecule has 4 heterocycles. The molecule has 6 rings (SSSR count). The van der Waals surface area contributed by atoms with Crippen molar-refractivity contribution in [2.24, 2.45) is 5.92 Å². The van der Waals surface area contributed by atoms with Gasteiger partial charge < -0.3 is 14.2 Å². The molecule has 3 aliphatic rings. The standard InChI is InChI=1S/C20H20N4O2.C7H10.C4H8/c1-12(25)23-9-15-10-24-18-7-13(14-4-6-19(26-2)21-8-14)3-5-17(18)22-20(24)16(15)11-23;1-3-5-7-6-4-2;1-2-4-3-1/h3-8,15-16H,9-11H2,1-2H3;3-7H,1H2,2H3;1-4H2/b;6-4-,7-5-;. The van der Waals surface area contributed by atoms with Gasteiger partial charge in [-0.15, -0.1) is 0 Å². The summed E-state index contributed by atoms with van der Waals surface area (Å²) >= 11 is 0. The topological polar surface area (TPSA) is 60.2 Å². The maximum Gasteiger partial charge on any atom is 0.219 e. The molecule has 2 aliphatic heterocycles. The second-order valence-electron chi connectivity index (χ2n) is 9.72. The average Bonchev–Trinajstić information content (AvgIpc) is 3.53. The van der Waals surface area contributed by atoms with Crippen molar-refractivity contribution in [3.63, 3.8) is 0 Å². The zero-order valence-corrected chi connectivity index (χ0v) is 22.3. The number of rotatable bonds is 4. The molecule has 6 heteroatoms. The highest BCUT2D eigenvalue weighted by atomic mass is 16.5. The number of fused-ring (bicyclic) bond motifs is 5. The zero-order chi connectivity index (χ0) is 26.2. The van der Waals surface area contributed by atoms with Crippen molar-refractivity contribution >= 4 is 16.9 Å². The fraction of sp³-hybridized carbons (Fsp3) is 0.387. The second-order valence-corrected chi connectivity index (χ2v) is 9.72. The van der Waals surface area contributed by atoms with Gasteiger partial charge in [0.15, 0.2) is 0 Å². The van der Waals surface area contributed by atoms with E-state index < -0.39 is 0 Å². The highest BCUT2D eigenvalue weighted by Gasteiger charge is 2.42. The number of allylic oxidation sites excluding steroid dienone is 5. The van der Waals surface area contributed by atoms with Gasteiger partial charge in [0.1, 0.15) is 5.82 Å². The number of carbonyl (C=O) groups is 1. The predicted molar refractivity (Wildman–Crippen MR) is 151 cm³/mol. The molecular weight excluding hydrogens is 460 g/mol. The third-order valence-corrected chi connectivity index (χ3v) is 7.24. The molecule has 0 bridgehead atoms. The van der Waals surface area contributed by atoms with E-state index in [0.717, 1.165) is 47.6 Å². The SMILES string of the molecule is C1CCC1.C=C/C=C\C=C/C.COc1ccc(-c2ccc3nc4n(c3c2)CC2CN(C(C)=O)CC42)cn1. The molecule has 1 saturated carbocycles. The minimum atomic E-state index is 0.163. The van der Waals surface area contributed by atoms with Crippen LogP contribution in [-0.2, 0) is 11.3 Å². The Morgan fingerprint density at radius 2 is 1.78 bits per heavy atom. The van der Waals surface area contributed by atoms with Crippen molar-refractivity contribution in [2.75, 3.05) is 20.2 Å². The summed E-state index contributed by atoms with van der Waals surface area (Å²) in [6.07, 6.45) is 17.3. The zero-order valence-electron chi connectivity index (χ0n) is 22.3. The van der Waals surface area contributed by atoms with Gasteiger partial charge >= 0.3 is 0 Å². The molecule has 0 spiro atoms. The Morgan fingerprint density at radius 1 is 1.03 bits per heavy atom. The minimum absolute atomic E-state index is 0.163. The van der Waals surface area contributed by atoms with Gasteiger partial charge in [-0.2, -0.15) is 0 Å². The Labute approximate surface area is 220 Å². The van der Waals surface area contributed by atoms with E-state index in [-0.39, 0.29) is 5.91 Å². The van der Waals surface area contributed by atoms with E-state index in [2.05, 4.69) is 34.3 Å². The van der Waals surface area contributed by atoms with Crippen molar-refractivity contribution in [1.82, 2.24) is 19.4 Å². The third-order valence-electron chi connectivity index (χ3n) is 7.24. The van der Waals surface area contributed by atoms with Gasteiger partial charge in [-0.05, 0) is 30.7 Å². The first kappa shape index (κ1) is 26.4. The first-order chi connectivity index (χ1) is 18.0. The molecule has 0 N–H and O–H groups in total. The molecule has 1 aliphatic carbocycles. The molecular formula is C31H38N4O2. The van der Waals surface area contributed by atoms with Crippen LogP contribution in [0.2, 0.25) is 0 Å². The summed E-state index contributed by atoms with van der Waals surface area (Å²) in [6.45, 7) is 9.71. The van der Waals surface area contributed by atoms with Gasteiger partial charge in [-0.25, -0.2) is 9.97 Å². The van der Waals surface area contributed by atoms with E-state index in [1.807, 2.05) is 54.5 Å². The van der Waals surface area contributed by atoms with Crippen LogP contribution in [0.1, 0.15) is 51.3 Å². The predicted octanol–water partition coefficient (Wildman–Crippen LogP) is 6.55. The lowest BCUT2D eigenvalue weighted by Gasteiger charge is -2.14. The van der Waals surface area contributed by atoms with E-state index in [1.165, 1.54) is 25.7 Å². The van der Waals surface area contributed by atoms with E-state index >= 15 is 0 Å². The molecule has 2 unspecified atom stereocenters. The number of methoxy groups -OCH3 is 1. The van der Waals surface area contributed by atoms with Crippen LogP contribution < -0.4 is 4.74 Å². The number of benzene rings is 1. The highest BCUT2D eigenvalue weighted by molar-refractivity contribution is 5.83. The quantitative estimate of drug-likeness (QED) is 0.383. The lowest BCUT2D eigenvalue weighted by molar-refractivity contribution is -0.128. The van der Waals surface area contributed by atoms with Crippen LogP contribution in [0.15, 0.2) is 73.5 Å². The summed E-state index contributed by atoms with van der Waals surface area (Å²) in [7, 11) is 1.62. The van der Waals surface area contributed by atoms with E-state index in [4.69, 9.17) is 9.72 Å². The van der Waals surface area contributed by atoms with E-state index in [0.29, 0.717) is 17.7 Å². The summed E-state index contributed by atoms with van der Waals surface area (Å²) in [4.78, 5) is 22.8. The maximum absolute atomic E-state index is 11.7. The number of pyridine rings is 1. The maximum atomic E-state index is 11.7. The van der Waals surface area contributed by atoms with Crippen molar-refractivity contribution in [3.05, 3.63) is 79.3 Å². The summed E-state index contributed by atoms with van der Waals surface area (Å²) in [6, 6.07) is 10.3. The van der Waals surface area contributed by atoms with Crippen molar-refractivity contribution in [2.45, 2.75) is 52.0 Å². The highest BCUT2D eigenvalue weighted by Crippen LogP contribution is 2.41. The second kappa shape index (κ2) is 12.5. The number of hydrogen-bond donors (Lipinski definition) is 0. The Balaban J connectivity index is 0.000000244. The van der Waals surface area contributed by atoms with Crippen LogP contribution >= 0.6 is 0 Å². The van der Waals surface area contributed by atoms with Crippen LogP contribution in [-0.4, -0.2) is 45.5 Å². The number of imidazole rings is 1. The molecule has 1 aromatic carbocycles. The van der Waals surface area contributed by atoms with Gasteiger partial charge in [0.05, 0.1) is 18.1 Å². The van der Waals surface area contributed by atoms with Crippen LogP contribution in [0.25, 0.3) is 22.2 Å². The number of nitrogens with zero attached hydrogens (tertiary/aromatic N) is 4. The largest absolute Gasteiger partial charge is 0.481 e. The molecule has 1 amide bonds. The number of carbonyl (C=O) groups excluding carboxylic acids is 1. The molecule has 2 fully saturated rings. The fourth-order valence-electron chi connectivity index (χ4n) is 4.81. The molecule has 2 atom stereocenters. The monoisotopic (exact) mass is 498 g/mol. The summed E-state index contributed by atoms with van der Waals surface area (Å²) < 4.78 is 7.47. The van der Waals surface area contributed by atoms with Crippen LogP contribution in [0.4, 0.5) is 0 Å². The van der Waals surface area contributed by atoms with Crippen LogP contribution in [0.3, 0.4) is 0 Å². The number of hydrogen-bond acceptors (Lipinski definition) is 4. The van der Waals surface area contributed by atoms with Crippen molar-refractivity contribution in [3.8, 4) is 17.0 Å². The summed E-state index contributed by atoms with van der Waals surface area (Å²) in [5.41, 5.74) is 4.36. The molecule has 3 aromatic rings. The van der Waals surface area contributed by atoms with Crippen LogP contribution in [0.5, 0.6) is 5.88 Å². The number of likely N-dealkylation sites (tertiary alicyclic amines) is 1. The Kier molecular flexibility index (Phi) is 8.94. The fourth-order valence-corrected chi connectivity index (χ4v) is 4.81. The average molecular weight is 499 g/mol. The normalized spacial score (nSPS) is 19.5. The molecule has 6 nitrogen and oxygen atoms in total. The lowest BCUT2D eigenvalue weighted by Crippen LogP contribution is -2.27. The number of ether oxygens (including phenoxy) is 1. The molecule has 1 saturated heterocycles. The number of aromatic nitrogens is 3. The summed E-state index contributed by atoms with van der Waals surface area (Å²) in [5, 5.41) is 0. The first-order valence-corrected chi connectivity index (χ1v) is 13.2. The molecule has 194 valence electrons. The van der Waals surface area contributed by atoms with E-state index in [9.17, 15) is 4.79 Å². The smallest absolute Gasteiger partial charge is 0.219 e. The minimum Gasteiger partial charge on any atom is -0.481 e. The van der Waals surface area contributed by atoms with Crippen molar-refractivity contribution < 1.29 is 9.53 Å². The first-order valence-electron chi connectivity index (χ1n) is 13.2. The van der Waals surface area contributed by atoms with Gasteiger partial charge in [0.2, 0.25) is 11.8 Å². The van der Waals surface area contributed by atoms with Gasteiger partial charge in [-0.3, -0.25) is 4.79 Å². The Hall–Kier alpha value is -3.67. The Morgan fingerprint density at radius 3 is 2.38 bits per heavy atom. The molecule has 2 aromatic heterocycles. The molecule has 0 radical (unpaired) electrons. The summed E-state index contributed by atoms with van der Waals surface area (Å²) in [5.74, 6) is 2.74. The molecule has 37 heavy (non-hydrogen) atoms. The third kappa shape index (κ3) is 6.19. The van der Waals surface area contributed by atoms with Crippen LogP contribution in [0, 0.1) is 5.92 Å². The lowest BCUT2D eigenvalue weighted by atomic mass is 9.99. The van der Waals surface area contributed by atoms with Gasteiger partial charge in [0.25, 0.3) is 0 Å². The Bertz CT molecular complexity index is 1260.